The summed E-state index contributed by atoms with van der Waals surface area (Å²) < 4.78 is 18.0. The summed E-state index contributed by atoms with van der Waals surface area (Å²) in [5.74, 6) is 0.471. The van der Waals surface area contributed by atoms with Crippen LogP contribution in [0.25, 0.3) is 0 Å². The molecule has 0 aliphatic rings. The molecule has 0 saturated heterocycles. The Balaban J connectivity index is 2.21. The van der Waals surface area contributed by atoms with Crippen molar-refractivity contribution in [2.45, 2.75) is 26.9 Å². The largest absolute Gasteiger partial charge is 0.377 e. The number of hydrogen-bond donors (Lipinski definition) is 0. The zero-order chi connectivity index (χ0) is 10.4. The molecule has 0 N–H and O–H groups in total. The van der Waals surface area contributed by atoms with E-state index in [1.807, 2.05) is 0 Å². The van der Waals surface area contributed by atoms with Gasteiger partial charge in [-0.05, 0) is 30.0 Å². The predicted octanol–water partition coefficient (Wildman–Crippen LogP) is 3.39. The van der Waals surface area contributed by atoms with Gasteiger partial charge in [0, 0.05) is 6.61 Å². The maximum atomic E-state index is 12.5. The zero-order valence-electron chi connectivity index (χ0n) is 8.79. The average molecular weight is 196 g/mol. The standard InChI is InChI=1S/C12H17FO/c1-10(2)7-8-14-9-11-3-5-12(13)6-4-11/h3-6,10H,7-9H2,1-2H3. The van der Waals surface area contributed by atoms with Gasteiger partial charge in [-0.3, -0.25) is 0 Å². The van der Waals surface area contributed by atoms with Crippen LogP contribution < -0.4 is 0 Å². The third kappa shape index (κ3) is 4.38. The van der Waals surface area contributed by atoms with Crippen molar-refractivity contribution in [2.75, 3.05) is 6.61 Å². The summed E-state index contributed by atoms with van der Waals surface area (Å²) in [6.45, 7) is 5.69. The zero-order valence-corrected chi connectivity index (χ0v) is 8.79. The molecular formula is C12H17FO. The van der Waals surface area contributed by atoms with E-state index in [1.54, 1.807) is 12.1 Å². The molecule has 1 rings (SSSR count). The molecule has 2 heteroatoms. The van der Waals surface area contributed by atoms with Gasteiger partial charge in [-0.1, -0.05) is 26.0 Å². The van der Waals surface area contributed by atoms with Gasteiger partial charge in [0.25, 0.3) is 0 Å². The average Bonchev–Trinajstić information content (AvgIpc) is 2.15. The molecular weight excluding hydrogens is 179 g/mol. The van der Waals surface area contributed by atoms with Crippen molar-refractivity contribution in [3.63, 3.8) is 0 Å². The summed E-state index contributed by atoms with van der Waals surface area (Å²) in [7, 11) is 0. The monoisotopic (exact) mass is 196 g/mol. The van der Waals surface area contributed by atoms with Crippen molar-refractivity contribution in [1.29, 1.82) is 0 Å². The van der Waals surface area contributed by atoms with Crippen molar-refractivity contribution >= 4 is 0 Å². The van der Waals surface area contributed by atoms with Crippen LogP contribution in [0.4, 0.5) is 4.39 Å². The lowest BCUT2D eigenvalue weighted by molar-refractivity contribution is 0.110. The highest BCUT2D eigenvalue weighted by Crippen LogP contribution is 2.05. The van der Waals surface area contributed by atoms with Crippen LogP contribution in [0.15, 0.2) is 24.3 Å². The van der Waals surface area contributed by atoms with E-state index in [2.05, 4.69) is 13.8 Å². The minimum absolute atomic E-state index is 0.198. The molecule has 0 amide bonds. The van der Waals surface area contributed by atoms with Crippen LogP contribution >= 0.6 is 0 Å². The second-order valence-corrected chi connectivity index (χ2v) is 3.86. The molecule has 0 heterocycles. The number of halogens is 1. The molecule has 0 unspecified atom stereocenters. The van der Waals surface area contributed by atoms with E-state index < -0.39 is 0 Å². The molecule has 0 aliphatic heterocycles. The first-order valence-corrected chi connectivity index (χ1v) is 5.00. The Bertz CT molecular complexity index is 254. The van der Waals surface area contributed by atoms with Crippen LogP contribution in [0.2, 0.25) is 0 Å². The van der Waals surface area contributed by atoms with Crippen LogP contribution in [0.5, 0.6) is 0 Å². The minimum atomic E-state index is -0.198. The highest BCUT2D eigenvalue weighted by Gasteiger charge is 1.96. The number of rotatable bonds is 5. The maximum Gasteiger partial charge on any atom is 0.123 e. The molecule has 0 radical (unpaired) electrons. The van der Waals surface area contributed by atoms with Gasteiger partial charge in [-0.25, -0.2) is 4.39 Å². The van der Waals surface area contributed by atoms with E-state index in [9.17, 15) is 4.39 Å². The van der Waals surface area contributed by atoms with Gasteiger partial charge in [0.15, 0.2) is 0 Å². The van der Waals surface area contributed by atoms with Gasteiger partial charge in [0.05, 0.1) is 6.61 Å². The van der Waals surface area contributed by atoms with Gasteiger partial charge in [-0.15, -0.1) is 0 Å². The van der Waals surface area contributed by atoms with Crippen molar-refractivity contribution < 1.29 is 9.13 Å². The van der Waals surface area contributed by atoms with Crippen LogP contribution in [0.1, 0.15) is 25.8 Å². The Hall–Kier alpha value is -0.890. The van der Waals surface area contributed by atoms with Crippen molar-refractivity contribution in [3.8, 4) is 0 Å². The summed E-state index contributed by atoms with van der Waals surface area (Å²) in [5, 5.41) is 0. The first kappa shape index (κ1) is 11.2. The van der Waals surface area contributed by atoms with Crippen molar-refractivity contribution in [3.05, 3.63) is 35.6 Å². The topological polar surface area (TPSA) is 9.23 Å². The molecule has 0 bridgehead atoms. The first-order chi connectivity index (χ1) is 6.68. The Kier molecular flexibility index (Phi) is 4.60. The van der Waals surface area contributed by atoms with Crippen LogP contribution in [-0.4, -0.2) is 6.61 Å². The fourth-order valence-corrected chi connectivity index (χ4v) is 1.09. The molecule has 0 aliphatic carbocycles. The number of benzene rings is 1. The van der Waals surface area contributed by atoms with E-state index in [0.29, 0.717) is 12.5 Å². The van der Waals surface area contributed by atoms with E-state index in [0.717, 1.165) is 18.6 Å². The molecule has 14 heavy (non-hydrogen) atoms. The van der Waals surface area contributed by atoms with E-state index >= 15 is 0 Å². The van der Waals surface area contributed by atoms with E-state index in [4.69, 9.17) is 4.74 Å². The fourth-order valence-electron chi connectivity index (χ4n) is 1.09. The first-order valence-electron chi connectivity index (χ1n) is 5.00. The smallest absolute Gasteiger partial charge is 0.123 e. The molecule has 1 aromatic carbocycles. The molecule has 0 fully saturated rings. The van der Waals surface area contributed by atoms with Crippen LogP contribution in [-0.2, 0) is 11.3 Å². The molecule has 0 atom stereocenters. The Morgan fingerprint density at radius 3 is 2.43 bits per heavy atom. The Labute approximate surface area is 84.9 Å². The van der Waals surface area contributed by atoms with Crippen LogP contribution in [0, 0.1) is 11.7 Å². The van der Waals surface area contributed by atoms with Crippen molar-refractivity contribution in [1.82, 2.24) is 0 Å². The lowest BCUT2D eigenvalue weighted by Crippen LogP contribution is -1.99. The predicted molar refractivity (Wildman–Crippen MR) is 55.5 cm³/mol. The third-order valence-corrected chi connectivity index (χ3v) is 2.02. The van der Waals surface area contributed by atoms with E-state index in [-0.39, 0.29) is 5.82 Å². The quantitative estimate of drug-likeness (QED) is 0.656. The molecule has 78 valence electrons. The maximum absolute atomic E-state index is 12.5. The molecule has 0 spiro atoms. The second kappa shape index (κ2) is 5.76. The molecule has 1 aromatic rings. The van der Waals surface area contributed by atoms with Gasteiger partial charge in [-0.2, -0.15) is 0 Å². The van der Waals surface area contributed by atoms with E-state index in [1.165, 1.54) is 12.1 Å². The Morgan fingerprint density at radius 2 is 1.86 bits per heavy atom. The third-order valence-electron chi connectivity index (χ3n) is 2.02. The fraction of sp³-hybridized carbons (Fsp3) is 0.500. The molecule has 1 nitrogen and oxygen atoms in total. The van der Waals surface area contributed by atoms with Crippen LogP contribution in [0.3, 0.4) is 0 Å². The van der Waals surface area contributed by atoms with Gasteiger partial charge >= 0.3 is 0 Å². The number of hydrogen-bond acceptors (Lipinski definition) is 1. The number of ether oxygens (including phenoxy) is 1. The summed E-state index contributed by atoms with van der Waals surface area (Å²) in [4.78, 5) is 0. The van der Waals surface area contributed by atoms with Gasteiger partial charge < -0.3 is 4.74 Å². The minimum Gasteiger partial charge on any atom is -0.377 e. The summed E-state index contributed by atoms with van der Waals surface area (Å²) in [6, 6.07) is 6.43. The van der Waals surface area contributed by atoms with Gasteiger partial charge in [0.1, 0.15) is 5.82 Å². The summed E-state index contributed by atoms with van der Waals surface area (Å²) in [5.41, 5.74) is 1.02. The summed E-state index contributed by atoms with van der Waals surface area (Å²) >= 11 is 0. The second-order valence-electron chi connectivity index (χ2n) is 3.86. The summed E-state index contributed by atoms with van der Waals surface area (Å²) in [6.07, 6.45) is 1.07. The Morgan fingerprint density at radius 1 is 1.21 bits per heavy atom. The molecule has 0 saturated carbocycles. The highest BCUT2D eigenvalue weighted by molar-refractivity contribution is 5.14. The van der Waals surface area contributed by atoms with Crippen molar-refractivity contribution in [2.24, 2.45) is 5.92 Å². The lowest BCUT2D eigenvalue weighted by atomic mass is 10.1. The SMILES string of the molecule is CC(C)CCOCc1ccc(F)cc1. The highest BCUT2D eigenvalue weighted by atomic mass is 19.1. The normalized spacial score (nSPS) is 10.9. The molecule has 0 aromatic heterocycles. The van der Waals surface area contributed by atoms with Gasteiger partial charge in [0.2, 0.25) is 0 Å². The lowest BCUT2D eigenvalue weighted by Gasteiger charge is -2.06.